The van der Waals surface area contributed by atoms with Crippen molar-refractivity contribution in [1.29, 1.82) is 0 Å². The van der Waals surface area contributed by atoms with Gasteiger partial charge in [-0.3, -0.25) is 4.79 Å². The molecule has 1 fully saturated rings. The molecular formula is C20H29NO4. The summed E-state index contributed by atoms with van der Waals surface area (Å²) in [4.78, 5) is 25.7. The van der Waals surface area contributed by atoms with Crippen LogP contribution in [0, 0.1) is 5.92 Å². The summed E-state index contributed by atoms with van der Waals surface area (Å²) in [5.74, 6) is 0.307. The van der Waals surface area contributed by atoms with Crippen LogP contribution in [0.5, 0.6) is 0 Å². The molecule has 0 N–H and O–H groups in total. The Labute approximate surface area is 150 Å². The van der Waals surface area contributed by atoms with Crippen molar-refractivity contribution in [3.63, 3.8) is 0 Å². The number of carbonyl (C=O) groups is 2. The summed E-state index contributed by atoms with van der Waals surface area (Å²) in [6, 6.07) is 9.69. The molecule has 0 atom stereocenters. The monoisotopic (exact) mass is 347 g/mol. The van der Waals surface area contributed by atoms with E-state index in [1.54, 1.807) is 4.90 Å². The second-order valence-corrected chi connectivity index (χ2v) is 7.60. The molecule has 1 aromatic rings. The van der Waals surface area contributed by atoms with Gasteiger partial charge in [0, 0.05) is 19.5 Å². The number of benzene rings is 1. The zero-order valence-electron chi connectivity index (χ0n) is 15.5. The van der Waals surface area contributed by atoms with Gasteiger partial charge in [-0.1, -0.05) is 30.3 Å². The van der Waals surface area contributed by atoms with Gasteiger partial charge in [0.05, 0.1) is 0 Å². The van der Waals surface area contributed by atoms with Crippen LogP contribution in [0.15, 0.2) is 30.3 Å². The highest BCUT2D eigenvalue weighted by molar-refractivity contribution is 5.69. The van der Waals surface area contributed by atoms with Crippen molar-refractivity contribution in [2.75, 3.05) is 13.1 Å². The van der Waals surface area contributed by atoms with Gasteiger partial charge in [0.2, 0.25) is 0 Å². The lowest BCUT2D eigenvalue weighted by Crippen LogP contribution is -2.41. The van der Waals surface area contributed by atoms with E-state index < -0.39 is 5.60 Å². The molecule has 138 valence electrons. The number of nitrogens with zero attached hydrogens (tertiary/aromatic N) is 1. The van der Waals surface area contributed by atoms with Crippen molar-refractivity contribution in [2.45, 2.75) is 58.7 Å². The van der Waals surface area contributed by atoms with E-state index in [4.69, 9.17) is 9.47 Å². The Morgan fingerprint density at radius 3 is 2.36 bits per heavy atom. The van der Waals surface area contributed by atoms with Crippen LogP contribution in [0.25, 0.3) is 0 Å². The van der Waals surface area contributed by atoms with E-state index in [1.807, 2.05) is 51.1 Å². The molecule has 1 heterocycles. The quantitative estimate of drug-likeness (QED) is 0.751. The number of amides is 1. The average molecular weight is 347 g/mol. The van der Waals surface area contributed by atoms with Gasteiger partial charge in [-0.25, -0.2) is 4.79 Å². The topological polar surface area (TPSA) is 55.8 Å². The Morgan fingerprint density at radius 1 is 1.12 bits per heavy atom. The predicted octanol–water partition coefficient (Wildman–Crippen LogP) is 4.16. The lowest BCUT2D eigenvalue weighted by atomic mass is 9.92. The zero-order chi connectivity index (χ0) is 18.3. The van der Waals surface area contributed by atoms with E-state index in [1.165, 1.54) is 0 Å². The molecule has 5 heteroatoms. The SMILES string of the molecule is CC(C)(C)OC(=O)N1CCC(CCC(=O)OCc2ccccc2)CC1. The van der Waals surface area contributed by atoms with Crippen LogP contribution in [0.4, 0.5) is 4.79 Å². The smallest absolute Gasteiger partial charge is 0.410 e. The molecule has 1 aromatic carbocycles. The molecule has 1 aliphatic rings. The lowest BCUT2D eigenvalue weighted by Gasteiger charge is -2.33. The summed E-state index contributed by atoms with van der Waals surface area (Å²) in [5.41, 5.74) is 0.540. The maximum atomic E-state index is 12.0. The third-order valence-corrected chi connectivity index (χ3v) is 4.27. The highest BCUT2D eigenvalue weighted by Crippen LogP contribution is 2.23. The molecule has 1 saturated heterocycles. The van der Waals surface area contributed by atoms with Crippen molar-refractivity contribution in [1.82, 2.24) is 4.90 Å². The summed E-state index contributed by atoms with van der Waals surface area (Å²) in [6.07, 6.45) is 2.82. The first-order chi connectivity index (χ1) is 11.8. The molecule has 5 nitrogen and oxygen atoms in total. The van der Waals surface area contributed by atoms with Crippen molar-refractivity contribution < 1.29 is 19.1 Å². The second-order valence-electron chi connectivity index (χ2n) is 7.60. The third-order valence-electron chi connectivity index (χ3n) is 4.27. The number of hydrogen-bond acceptors (Lipinski definition) is 4. The van der Waals surface area contributed by atoms with Gasteiger partial charge in [0.1, 0.15) is 12.2 Å². The van der Waals surface area contributed by atoms with Gasteiger partial charge < -0.3 is 14.4 Å². The van der Waals surface area contributed by atoms with E-state index in [0.717, 1.165) is 24.8 Å². The molecule has 2 rings (SSSR count). The predicted molar refractivity (Wildman–Crippen MR) is 96.0 cm³/mol. The van der Waals surface area contributed by atoms with Crippen LogP contribution < -0.4 is 0 Å². The Morgan fingerprint density at radius 2 is 1.76 bits per heavy atom. The highest BCUT2D eigenvalue weighted by atomic mass is 16.6. The van der Waals surface area contributed by atoms with Gasteiger partial charge in [-0.2, -0.15) is 0 Å². The fraction of sp³-hybridized carbons (Fsp3) is 0.600. The zero-order valence-corrected chi connectivity index (χ0v) is 15.5. The first-order valence-electron chi connectivity index (χ1n) is 9.01. The van der Waals surface area contributed by atoms with E-state index >= 15 is 0 Å². The maximum Gasteiger partial charge on any atom is 0.410 e. The van der Waals surface area contributed by atoms with Gasteiger partial charge >= 0.3 is 12.1 Å². The number of piperidine rings is 1. The largest absolute Gasteiger partial charge is 0.461 e. The minimum Gasteiger partial charge on any atom is -0.461 e. The van der Waals surface area contributed by atoms with Gasteiger partial charge in [-0.15, -0.1) is 0 Å². The van der Waals surface area contributed by atoms with Crippen molar-refractivity contribution in [3.05, 3.63) is 35.9 Å². The second kappa shape index (κ2) is 8.88. The molecule has 1 amide bonds. The minimum atomic E-state index is -0.462. The van der Waals surface area contributed by atoms with E-state index in [2.05, 4.69) is 0 Å². The fourth-order valence-corrected chi connectivity index (χ4v) is 2.86. The summed E-state index contributed by atoms with van der Waals surface area (Å²) in [6.45, 7) is 7.34. The molecule has 0 saturated carbocycles. The normalized spacial score (nSPS) is 15.7. The summed E-state index contributed by atoms with van der Waals surface area (Å²) < 4.78 is 10.7. The van der Waals surface area contributed by atoms with Crippen molar-refractivity contribution in [3.8, 4) is 0 Å². The van der Waals surface area contributed by atoms with Crippen molar-refractivity contribution in [2.24, 2.45) is 5.92 Å². The molecule has 25 heavy (non-hydrogen) atoms. The average Bonchev–Trinajstić information content (AvgIpc) is 2.58. The summed E-state index contributed by atoms with van der Waals surface area (Å²) in [5, 5.41) is 0. The Bertz CT molecular complexity index is 557. The minimum absolute atomic E-state index is 0.154. The van der Waals surface area contributed by atoms with Crippen LogP contribution in [-0.4, -0.2) is 35.7 Å². The van der Waals surface area contributed by atoms with Crippen molar-refractivity contribution >= 4 is 12.1 Å². The number of ether oxygens (including phenoxy) is 2. The molecule has 0 aromatic heterocycles. The Kier molecular flexibility index (Phi) is 6.85. The third kappa shape index (κ3) is 7.16. The number of hydrogen-bond donors (Lipinski definition) is 0. The molecule has 0 spiro atoms. The number of carbonyl (C=O) groups excluding carboxylic acids is 2. The first kappa shape index (κ1) is 19.3. The molecular weight excluding hydrogens is 318 g/mol. The molecule has 0 bridgehead atoms. The highest BCUT2D eigenvalue weighted by Gasteiger charge is 2.27. The van der Waals surface area contributed by atoms with Gasteiger partial charge in [-0.05, 0) is 51.5 Å². The lowest BCUT2D eigenvalue weighted by molar-refractivity contribution is -0.145. The maximum absolute atomic E-state index is 12.0. The standard InChI is InChI=1S/C20H29NO4/c1-20(2,3)25-19(23)21-13-11-16(12-14-21)9-10-18(22)24-15-17-7-5-4-6-8-17/h4-8,16H,9-15H2,1-3H3. The van der Waals surface area contributed by atoms with E-state index in [-0.39, 0.29) is 12.1 Å². The van der Waals surface area contributed by atoms with E-state index in [0.29, 0.717) is 32.0 Å². The van der Waals surface area contributed by atoms with Crippen LogP contribution in [0.2, 0.25) is 0 Å². The number of rotatable bonds is 5. The van der Waals surface area contributed by atoms with Crippen LogP contribution in [0.1, 0.15) is 52.0 Å². The molecule has 0 aliphatic carbocycles. The molecule has 1 aliphatic heterocycles. The number of likely N-dealkylation sites (tertiary alicyclic amines) is 1. The fourth-order valence-electron chi connectivity index (χ4n) is 2.86. The summed E-state index contributed by atoms with van der Waals surface area (Å²) in [7, 11) is 0. The van der Waals surface area contributed by atoms with Crippen LogP contribution in [0.3, 0.4) is 0 Å². The van der Waals surface area contributed by atoms with Crippen LogP contribution >= 0.6 is 0 Å². The number of esters is 1. The molecule has 0 unspecified atom stereocenters. The first-order valence-corrected chi connectivity index (χ1v) is 9.01. The Balaban J connectivity index is 1.63. The Hall–Kier alpha value is -2.04. The molecule has 0 radical (unpaired) electrons. The van der Waals surface area contributed by atoms with Gasteiger partial charge in [0.15, 0.2) is 0 Å². The summed E-state index contributed by atoms with van der Waals surface area (Å²) >= 11 is 0. The van der Waals surface area contributed by atoms with Gasteiger partial charge in [0.25, 0.3) is 0 Å². The van der Waals surface area contributed by atoms with Crippen LogP contribution in [-0.2, 0) is 20.9 Å². The van der Waals surface area contributed by atoms with E-state index in [9.17, 15) is 9.59 Å².